The summed E-state index contributed by atoms with van der Waals surface area (Å²) in [6.45, 7) is 1.88. The highest BCUT2D eigenvalue weighted by Gasteiger charge is 2.22. The zero-order valence-electron chi connectivity index (χ0n) is 8.80. The first-order valence-electron chi connectivity index (χ1n) is 4.57. The fraction of sp³-hybridized carbons (Fsp3) is 0.750. The van der Waals surface area contributed by atoms with Gasteiger partial charge in [-0.15, -0.1) is 0 Å². The first-order valence-corrected chi connectivity index (χ1v) is 4.57. The number of ether oxygens (including phenoxy) is 2. The molecule has 0 amide bonds. The topological polar surface area (TPSA) is 76.9 Å². The van der Waals surface area contributed by atoms with E-state index >= 15 is 0 Å². The van der Waals surface area contributed by atoms with Gasteiger partial charge in [0.1, 0.15) is 0 Å². The van der Waals surface area contributed by atoms with E-state index < -0.39 is 4.92 Å². The molecule has 0 aliphatic carbocycles. The molecule has 0 bridgehead atoms. The second kappa shape index (κ2) is 5.52. The summed E-state index contributed by atoms with van der Waals surface area (Å²) in [5.74, 6) is 0.499. The predicted octanol–water partition coefficient (Wildman–Crippen LogP) is -0.414. The Kier molecular flexibility index (Phi) is 4.32. The van der Waals surface area contributed by atoms with Crippen LogP contribution in [0.1, 0.15) is 0 Å². The van der Waals surface area contributed by atoms with Crippen molar-refractivity contribution in [1.82, 2.24) is 10.2 Å². The quantitative estimate of drug-likeness (QED) is 0.383. The van der Waals surface area contributed by atoms with Gasteiger partial charge in [0.2, 0.25) is 0 Å². The molecule has 0 saturated carbocycles. The largest absolute Gasteiger partial charge is 0.365 e. The van der Waals surface area contributed by atoms with E-state index in [-0.39, 0.29) is 6.29 Å². The van der Waals surface area contributed by atoms with E-state index in [0.29, 0.717) is 25.5 Å². The Morgan fingerprint density at radius 3 is 2.87 bits per heavy atom. The van der Waals surface area contributed by atoms with Crippen molar-refractivity contribution in [2.24, 2.45) is 0 Å². The molecule has 1 aliphatic heterocycles. The molecule has 0 aromatic rings. The van der Waals surface area contributed by atoms with Gasteiger partial charge in [-0.1, -0.05) is 0 Å². The highest BCUT2D eigenvalue weighted by molar-refractivity contribution is 5.00. The van der Waals surface area contributed by atoms with Gasteiger partial charge < -0.3 is 19.7 Å². The average Bonchev–Trinajstić information content (AvgIpc) is 2.61. The van der Waals surface area contributed by atoms with Gasteiger partial charge in [-0.25, -0.2) is 0 Å². The van der Waals surface area contributed by atoms with E-state index in [1.807, 2.05) is 4.90 Å². The Labute approximate surface area is 87.8 Å². The highest BCUT2D eigenvalue weighted by Crippen LogP contribution is 2.09. The molecule has 0 atom stereocenters. The number of nitrogens with one attached hydrogen (secondary N) is 1. The van der Waals surface area contributed by atoms with Crippen molar-refractivity contribution in [2.45, 2.75) is 6.29 Å². The predicted molar refractivity (Wildman–Crippen MR) is 52.5 cm³/mol. The Hall–Kier alpha value is -1.34. The monoisotopic (exact) mass is 217 g/mol. The number of nitro groups is 1. The molecule has 7 nitrogen and oxygen atoms in total. The van der Waals surface area contributed by atoms with Crippen LogP contribution in [0.25, 0.3) is 0 Å². The summed E-state index contributed by atoms with van der Waals surface area (Å²) >= 11 is 0. The molecular weight excluding hydrogens is 202 g/mol. The number of nitrogens with zero attached hydrogens (tertiary/aromatic N) is 2. The Morgan fingerprint density at radius 1 is 1.67 bits per heavy atom. The molecule has 15 heavy (non-hydrogen) atoms. The van der Waals surface area contributed by atoms with Crippen LogP contribution in [0, 0.1) is 10.1 Å². The SMILES string of the molecule is COC(CN1CCN/C1=C\[N+](=O)[O-])OC. The smallest absolute Gasteiger partial charge is 0.274 e. The van der Waals surface area contributed by atoms with E-state index in [9.17, 15) is 10.1 Å². The highest BCUT2D eigenvalue weighted by atomic mass is 16.7. The van der Waals surface area contributed by atoms with Gasteiger partial charge in [0.25, 0.3) is 6.20 Å². The minimum atomic E-state index is -0.477. The van der Waals surface area contributed by atoms with Crippen molar-refractivity contribution in [1.29, 1.82) is 0 Å². The van der Waals surface area contributed by atoms with Crippen molar-refractivity contribution in [2.75, 3.05) is 33.9 Å². The van der Waals surface area contributed by atoms with Gasteiger partial charge in [-0.05, 0) is 0 Å². The van der Waals surface area contributed by atoms with Crippen LogP contribution in [0.15, 0.2) is 12.0 Å². The van der Waals surface area contributed by atoms with Crippen LogP contribution in [-0.2, 0) is 9.47 Å². The van der Waals surface area contributed by atoms with Gasteiger partial charge in [-0.3, -0.25) is 10.1 Å². The standard InChI is InChI=1S/C8H15N3O4/c1-14-8(15-2)6-10-4-3-9-7(10)5-11(12)13/h5,8-9H,3-4,6H2,1-2H3/b7-5+. The van der Waals surface area contributed by atoms with E-state index in [1.165, 1.54) is 14.2 Å². The summed E-state index contributed by atoms with van der Waals surface area (Å²) in [4.78, 5) is 11.7. The lowest BCUT2D eigenvalue weighted by atomic mass is 10.5. The van der Waals surface area contributed by atoms with Gasteiger partial charge in [0.05, 0.1) is 11.5 Å². The Morgan fingerprint density at radius 2 is 2.33 bits per heavy atom. The summed E-state index contributed by atoms with van der Waals surface area (Å²) in [6.07, 6.45) is 0.579. The summed E-state index contributed by atoms with van der Waals surface area (Å²) in [5, 5.41) is 13.3. The molecule has 1 fully saturated rings. The average molecular weight is 217 g/mol. The third-order valence-corrected chi connectivity index (χ3v) is 2.15. The van der Waals surface area contributed by atoms with Crippen LogP contribution in [-0.4, -0.2) is 50.0 Å². The second-order valence-electron chi connectivity index (χ2n) is 3.07. The van der Waals surface area contributed by atoms with Crippen molar-refractivity contribution >= 4 is 0 Å². The normalized spacial score (nSPS) is 18.6. The fourth-order valence-corrected chi connectivity index (χ4v) is 1.39. The lowest BCUT2D eigenvalue weighted by Gasteiger charge is -2.22. The molecule has 1 aliphatic rings. The van der Waals surface area contributed by atoms with Gasteiger partial charge in [0, 0.05) is 27.3 Å². The van der Waals surface area contributed by atoms with Crippen LogP contribution >= 0.6 is 0 Å². The molecule has 0 unspecified atom stereocenters. The third kappa shape index (κ3) is 3.37. The lowest BCUT2D eigenvalue weighted by Crippen LogP contribution is -2.32. The van der Waals surface area contributed by atoms with Gasteiger partial charge >= 0.3 is 0 Å². The molecule has 0 aromatic carbocycles. The maximum Gasteiger partial charge on any atom is 0.274 e. The van der Waals surface area contributed by atoms with Crippen LogP contribution in [0.5, 0.6) is 0 Å². The van der Waals surface area contributed by atoms with E-state index in [1.54, 1.807) is 0 Å². The van der Waals surface area contributed by atoms with Crippen molar-refractivity contribution in [3.05, 3.63) is 22.1 Å². The fourth-order valence-electron chi connectivity index (χ4n) is 1.39. The molecular formula is C8H15N3O4. The summed E-state index contributed by atoms with van der Waals surface area (Å²) in [5.41, 5.74) is 0. The molecule has 1 N–H and O–H groups in total. The minimum Gasteiger partial charge on any atom is -0.365 e. The molecule has 7 heteroatoms. The molecule has 0 radical (unpaired) electrons. The number of hydrogen-bond donors (Lipinski definition) is 1. The van der Waals surface area contributed by atoms with Crippen molar-refractivity contribution < 1.29 is 14.4 Å². The summed E-state index contributed by atoms with van der Waals surface area (Å²) in [6, 6.07) is 0. The van der Waals surface area contributed by atoms with E-state index in [2.05, 4.69) is 5.32 Å². The zero-order valence-corrected chi connectivity index (χ0v) is 8.80. The second-order valence-corrected chi connectivity index (χ2v) is 3.07. The molecule has 1 rings (SSSR count). The Balaban J connectivity index is 2.56. The number of rotatable bonds is 5. The molecule has 1 saturated heterocycles. The minimum absolute atomic E-state index is 0.375. The number of methoxy groups -OCH3 is 2. The first kappa shape index (κ1) is 11.7. The molecule has 1 heterocycles. The van der Waals surface area contributed by atoms with Crippen molar-refractivity contribution in [3.63, 3.8) is 0 Å². The van der Waals surface area contributed by atoms with Crippen molar-refractivity contribution in [3.8, 4) is 0 Å². The number of hydrogen-bond acceptors (Lipinski definition) is 6. The third-order valence-electron chi connectivity index (χ3n) is 2.15. The maximum absolute atomic E-state index is 10.3. The molecule has 86 valence electrons. The van der Waals surface area contributed by atoms with Crippen LogP contribution in [0.2, 0.25) is 0 Å². The lowest BCUT2D eigenvalue weighted by molar-refractivity contribution is -0.404. The van der Waals surface area contributed by atoms with Gasteiger partial charge in [0.15, 0.2) is 12.1 Å². The Bertz CT molecular complexity index is 252. The van der Waals surface area contributed by atoms with Crippen LogP contribution in [0.3, 0.4) is 0 Å². The van der Waals surface area contributed by atoms with E-state index in [4.69, 9.17) is 9.47 Å². The molecule has 0 spiro atoms. The van der Waals surface area contributed by atoms with Gasteiger partial charge in [-0.2, -0.15) is 0 Å². The maximum atomic E-state index is 10.3. The molecule has 0 aromatic heterocycles. The first-order chi connectivity index (χ1) is 7.17. The zero-order chi connectivity index (χ0) is 11.3. The summed E-state index contributed by atoms with van der Waals surface area (Å²) < 4.78 is 10.1. The summed E-state index contributed by atoms with van der Waals surface area (Å²) in [7, 11) is 3.07. The van der Waals surface area contributed by atoms with E-state index in [0.717, 1.165) is 6.20 Å². The van der Waals surface area contributed by atoms with Crippen LogP contribution < -0.4 is 5.32 Å². The van der Waals surface area contributed by atoms with Crippen LogP contribution in [0.4, 0.5) is 0 Å².